The second-order valence-corrected chi connectivity index (χ2v) is 9.88. The van der Waals surface area contributed by atoms with Crippen molar-refractivity contribution in [3.63, 3.8) is 0 Å². The van der Waals surface area contributed by atoms with Crippen LogP contribution in [0.25, 0.3) is 5.52 Å². The van der Waals surface area contributed by atoms with E-state index in [0.717, 1.165) is 6.07 Å². The van der Waals surface area contributed by atoms with E-state index in [2.05, 4.69) is 4.98 Å². The molecule has 0 amide bonds. The van der Waals surface area contributed by atoms with Gasteiger partial charge in [-0.15, -0.1) is 0 Å². The molecule has 0 spiro atoms. The largest absolute Gasteiger partial charge is 0.419 e. The van der Waals surface area contributed by atoms with Crippen molar-refractivity contribution in [3.8, 4) is 0 Å². The van der Waals surface area contributed by atoms with Crippen LogP contribution >= 0.6 is 0 Å². The summed E-state index contributed by atoms with van der Waals surface area (Å²) in [5.74, 6) is 0.00952. The Morgan fingerprint density at radius 3 is 2.48 bits per heavy atom. The molecule has 2 atom stereocenters. The smallest absolute Gasteiger partial charge is 0.356 e. The zero-order valence-electron chi connectivity index (χ0n) is 15.2. The average Bonchev–Trinajstić information content (AvgIpc) is 3.20. The van der Waals surface area contributed by atoms with Crippen LogP contribution < -0.4 is 4.90 Å². The van der Waals surface area contributed by atoms with Crippen molar-refractivity contribution < 1.29 is 21.6 Å². The van der Waals surface area contributed by atoms with E-state index in [-0.39, 0.29) is 17.7 Å². The summed E-state index contributed by atoms with van der Waals surface area (Å²) in [5, 5.41) is 0. The van der Waals surface area contributed by atoms with E-state index < -0.39 is 27.3 Å². The van der Waals surface area contributed by atoms with E-state index in [0.29, 0.717) is 25.2 Å². The Labute approximate surface area is 155 Å². The molecule has 0 aromatic carbocycles. The first kappa shape index (κ1) is 18.5. The highest BCUT2D eigenvalue weighted by Gasteiger charge is 2.55. The molecule has 0 unspecified atom stereocenters. The number of nitrogens with zero attached hydrogens (tertiary/aromatic N) is 4. The summed E-state index contributed by atoms with van der Waals surface area (Å²) in [5.41, 5.74) is -0.758. The highest BCUT2D eigenvalue weighted by atomic mass is 32.2. The number of pyridine rings is 1. The van der Waals surface area contributed by atoms with Crippen LogP contribution in [-0.2, 0) is 16.2 Å². The van der Waals surface area contributed by atoms with Gasteiger partial charge in [-0.25, -0.2) is 13.4 Å². The molecule has 0 radical (unpaired) electrons. The standard InChI is InChI=1S/C17H21F3N4O2S/c1-16(2)14-9-22(7-11(14)8-24(16)27(3,25)26)15-13(17(18,19)20)5-4-12-6-21-10-23(12)15/h4-6,10-11,14H,7-9H2,1-3H3/t11-,14-/m0/s1. The third kappa shape index (κ3) is 2.80. The monoisotopic (exact) mass is 402 g/mol. The molecule has 0 bridgehead atoms. The maximum Gasteiger partial charge on any atom is 0.419 e. The third-order valence-electron chi connectivity index (χ3n) is 5.95. The fraction of sp³-hybridized carbons (Fsp3) is 0.588. The van der Waals surface area contributed by atoms with Crippen molar-refractivity contribution in [1.82, 2.24) is 13.7 Å². The van der Waals surface area contributed by atoms with Gasteiger partial charge in [0.25, 0.3) is 0 Å². The van der Waals surface area contributed by atoms with Crippen molar-refractivity contribution in [2.45, 2.75) is 25.6 Å². The molecule has 2 aliphatic rings. The summed E-state index contributed by atoms with van der Waals surface area (Å²) in [4.78, 5) is 5.71. The van der Waals surface area contributed by atoms with E-state index in [1.165, 1.54) is 33.6 Å². The Balaban J connectivity index is 1.76. The minimum atomic E-state index is -4.49. The van der Waals surface area contributed by atoms with Crippen LogP contribution in [0, 0.1) is 11.8 Å². The first-order valence-electron chi connectivity index (χ1n) is 8.65. The number of alkyl halides is 3. The van der Waals surface area contributed by atoms with Gasteiger partial charge >= 0.3 is 6.18 Å². The van der Waals surface area contributed by atoms with Gasteiger partial charge in [-0.1, -0.05) is 0 Å². The molecule has 0 aliphatic carbocycles. The summed E-state index contributed by atoms with van der Waals surface area (Å²) in [6.07, 6.45) is -0.390. The van der Waals surface area contributed by atoms with Crippen LogP contribution in [0.4, 0.5) is 19.0 Å². The highest BCUT2D eigenvalue weighted by Crippen LogP contribution is 2.47. The number of anilines is 1. The summed E-state index contributed by atoms with van der Waals surface area (Å²) < 4.78 is 68.1. The van der Waals surface area contributed by atoms with Crippen LogP contribution in [0.3, 0.4) is 0 Å². The van der Waals surface area contributed by atoms with Gasteiger partial charge in [0.15, 0.2) is 0 Å². The molecule has 10 heteroatoms. The fourth-order valence-electron chi connectivity index (χ4n) is 4.75. The van der Waals surface area contributed by atoms with Crippen LogP contribution in [0.15, 0.2) is 24.7 Å². The molecule has 4 heterocycles. The minimum absolute atomic E-state index is 0.0189. The maximum atomic E-state index is 13.6. The van der Waals surface area contributed by atoms with Crippen molar-refractivity contribution in [1.29, 1.82) is 0 Å². The predicted molar refractivity (Wildman–Crippen MR) is 95.0 cm³/mol. The number of aromatic nitrogens is 2. The lowest BCUT2D eigenvalue weighted by Gasteiger charge is -2.35. The first-order valence-corrected chi connectivity index (χ1v) is 10.5. The van der Waals surface area contributed by atoms with Gasteiger partial charge in [0.1, 0.15) is 12.1 Å². The zero-order valence-corrected chi connectivity index (χ0v) is 16.0. The minimum Gasteiger partial charge on any atom is -0.356 e. The topological polar surface area (TPSA) is 57.9 Å². The van der Waals surface area contributed by atoms with Gasteiger partial charge in [-0.2, -0.15) is 17.5 Å². The highest BCUT2D eigenvalue weighted by molar-refractivity contribution is 7.88. The molecule has 27 heavy (non-hydrogen) atoms. The van der Waals surface area contributed by atoms with Crippen molar-refractivity contribution in [3.05, 3.63) is 30.2 Å². The van der Waals surface area contributed by atoms with Crippen LogP contribution in [0.5, 0.6) is 0 Å². The molecule has 148 valence electrons. The van der Waals surface area contributed by atoms with Gasteiger partial charge in [0, 0.05) is 31.1 Å². The molecule has 0 saturated carbocycles. The number of halogens is 3. The molecule has 2 saturated heterocycles. The van der Waals surface area contributed by atoms with Crippen LogP contribution in [0.1, 0.15) is 19.4 Å². The second-order valence-electron chi connectivity index (χ2n) is 7.98. The zero-order chi connectivity index (χ0) is 19.8. The SMILES string of the molecule is CC1(C)[C@H]2CN(c3c(C(F)(F)F)ccc4cncn34)C[C@H]2CN1S(C)(=O)=O. The van der Waals surface area contributed by atoms with E-state index in [9.17, 15) is 21.6 Å². The first-order chi connectivity index (χ1) is 12.4. The van der Waals surface area contributed by atoms with Gasteiger partial charge in [-0.3, -0.25) is 4.40 Å². The average molecular weight is 402 g/mol. The molecule has 2 fully saturated rings. The number of rotatable bonds is 2. The van der Waals surface area contributed by atoms with E-state index >= 15 is 0 Å². The lowest BCUT2D eigenvalue weighted by molar-refractivity contribution is -0.137. The summed E-state index contributed by atoms with van der Waals surface area (Å²) in [7, 11) is -3.37. The molecule has 2 aliphatic heterocycles. The Hall–Kier alpha value is -1.81. The normalized spacial score (nSPS) is 26.1. The molecule has 6 nitrogen and oxygen atoms in total. The Morgan fingerprint density at radius 2 is 1.89 bits per heavy atom. The number of imidazole rings is 1. The quantitative estimate of drug-likeness (QED) is 0.774. The van der Waals surface area contributed by atoms with Crippen molar-refractivity contribution in [2.75, 3.05) is 30.8 Å². The summed E-state index contributed by atoms with van der Waals surface area (Å²) >= 11 is 0. The molecular formula is C17H21F3N4O2S. The van der Waals surface area contributed by atoms with Gasteiger partial charge < -0.3 is 4.90 Å². The maximum absolute atomic E-state index is 13.6. The summed E-state index contributed by atoms with van der Waals surface area (Å²) in [6, 6.07) is 2.50. The predicted octanol–water partition coefficient (Wildman–Crippen LogP) is 2.46. The molecule has 2 aromatic rings. The molecular weight excluding hydrogens is 381 g/mol. The van der Waals surface area contributed by atoms with Crippen molar-refractivity contribution >= 4 is 21.4 Å². The Bertz CT molecular complexity index is 999. The van der Waals surface area contributed by atoms with Gasteiger partial charge in [0.2, 0.25) is 10.0 Å². The van der Waals surface area contributed by atoms with E-state index in [4.69, 9.17) is 0 Å². The lowest BCUT2D eigenvalue weighted by Crippen LogP contribution is -2.47. The Kier molecular flexibility index (Phi) is 3.85. The van der Waals surface area contributed by atoms with Gasteiger partial charge in [0.05, 0.1) is 23.5 Å². The van der Waals surface area contributed by atoms with E-state index in [1.807, 2.05) is 13.8 Å². The third-order valence-corrected chi connectivity index (χ3v) is 7.37. The number of sulfonamides is 1. The summed E-state index contributed by atoms with van der Waals surface area (Å²) in [6.45, 7) is 4.77. The van der Waals surface area contributed by atoms with Crippen LogP contribution in [-0.4, -0.2) is 53.5 Å². The molecule has 2 aromatic heterocycles. The second kappa shape index (κ2) is 5.60. The van der Waals surface area contributed by atoms with Crippen molar-refractivity contribution in [2.24, 2.45) is 11.8 Å². The molecule has 0 N–H and O–H groups in total. The van der Waals surface area contributed by atoms with E-state index in [1.54, 1.807) is 4.90 Å². The van der Waals surface area contributed by atoms with Crippen LogP contribution in [0.2, 0.25) is 0 Å². The molecule has 4 rings (SSSR count). The lowest BCUT2D eigenvalue weighted by atomic mass is 9.85. The number of fused-ring (bicyclic) bond motifs is 2. The Morgan fingerprint density at radius 1 is 1.19 bits per heavy atom. The number of hydrogen-bond acceptors (Lipinski definition) is 4. The number of hydrogen-bond donors (Lipinski definition) is 0. The van der Waals surface area contributed by atoms with Gasteiger partial charge in [-0.05, 0) is 31.9 Å². The fourth-order valence-corrected chi connectivity index (χ4v) is 6.20.